The van der Waals surface area contributed by atoms with E-state index in [0.29, 0.717) is 12.1 Å². The van der Waals surface area contributed by atoms with Crippen LogP contribution in [0.2, 0.25) is 0 Å². The van der Waals surface area contributed by atoms with E-state index in [2.05, 4.69) is 0 Å². The average molecular weight is 362 g/mol. The van der Waals surface area contributed by atoms with Crippen LogP contribution in [0.25, 0.3) is 11.1 Å². The minimum absolute atomic E-state index is 0.162. The fourth-order valence-corrected chi connectivity index (χ4v) is 2.08. The van der Waals surface area contributed by atoms with Crippen molar-refractivity contribution in [2.24, 2.45) is 0 Å². The van der Waals surface area contributed by atoms with Crippen LogP contribution in [0.1, 0.15) is 20.7 Å². The lowest BCUT2D eigenvalue weighted by Gasteiger charge is -2.14. The first-order valence-electron chi connectivity index (χ1n) is 6.58. The van der Waals surface area contributed by atoms with Gasteiger partial charge in [0.25, 0.3) is 11.6 Å². The standard InChI is InChI=1S/C16H8F6O3/c17-15(18,19)13(24)10-6-9(8-4-2-1-3-5-8)7-11(12(10)23)14(25)16(20,21)22/h1-7,23H. The Bertz CT molecular complexity index is 775. The summed E-state index contributed by atoms with van der Waals surface area (Å²) in [5, 5.41) is 9.69. The topological polar surface area (TPSA) is 54.4 Å². The van der Waals surface area contributed by atoms with Gasteiger partial charge in [-0.1, -0.05) is 30.3 Å². The molecule has 0 atom stereocenters. The van der Waals surface area contributed by atoms with Crippen molar-refractivity contribution in [3.8, 4) is 16.9 Å². The maximum absolute atomic E-state index is 12.6. The van der Waals surface area contributed by atoms with E-state index < -0.39 is 40.8 Å². The summed E-state index contributed by atoms with van der Waals surface area (Å²) < 4.78 is 75.9. The zero-order valence-corrected chi connectivity index (χ0v) is 12.1. The van der Waals surface area contributed by atoms with Crippen molar-refractivity contribution in [1.82, 2.24) is 0 Å². The quantitative estimate of drug-likeness (QED) is 0.644. The number of aromatic hydroxyl groups is 1. The minimum Gasteiger partial charge on any atom is -0.506 e. The third-order valence-electron chi connectivity index (χ3n) is 3.22. The maximum Gasteiger partial charge on any atom is 0.455 e. The molecular weight excluding hydrogens is 354 g/mol. The van der Waals surface area contributed by atoms with Crippen LogP contribution in [-0.4, -0.2) is 29.0 Å². The van der Waals surface area contributed by atoms with Gasteiger partial charge in [0.15, 0.2) is 0 Å². The molecule has 0 aliphatic carbocycles. The van der Waals surface area contributed by atoms with Crippen LogP contribution in [0.5, 0.6) is 5.75 Å². The number of ketones is 2. The number of rotatable bonds is 3. The molecular formula is C16H8F6O3. The molecule has 0 aliphatic rings. The van der Waals surface area contributed by atoms with Crippen LogP contribution in [-0.2, 0) is 0 Å². The second kappa shape index (κ2) is 6.23. The molecule has 0 amide bonds. The number of benzene rings is 2. The van der Waals surface area contributed by atoms with Gasteiger partial charge in [-0.2, -0.15) is 26.3 Å². The fraction of sp³-hybridized carbons (Fsp3) is 0.125. The number of phenolic OH excluding ortho intramolecular Hbond substituents is 1. The average Bonchev–Trinajstić information content (AvgIpc) is 2.53. The Morgan fingerprint density at radius 1 is 0.720 bits per heavy atom. The molecule has 0 unspecified atom stereocenters. The van der Waals surface area contributed by atoms with Crippen molar-refractivity contribution >= 4 is 11.6 Å². The highest BCUT2D eigenvalue weighted by atomic mass is 19.4. The molecule has 0 aromatic heterocycles. The molecule has 2 rings (SSSR count). The van der Waals surface area contributed by atoms with Crippen molar-refractivity contribution in [3.63, 3.8) is 0 Å². The van der Waals surface area contributed by atoms with Crippen molar-refractivity contribution in [2.45, 2.75) is 12.4 Å². The highest BCUT2D eigenvalue weighted by molar-refractivity contribution is 6.10. The number of alkyl halides is 6. The van der Waals surface area contributed by atoms with E-state index in [1.807, 2.05) is 0 Å². The summed E-state index contributed by atoms with van der Waals surface area (Å²) in [5.74, 6) is -6.78. The fourth-order valence-electron chi connectivity index (χ4n) is 2.08. The van der Waals surface area contributed by atoms with Gasteiger partial charge >= 0.3 is 12.4 Å². The Labute approximate surface area is 136 Å². The monoisotopic (exact) mass is 362 g/mol. The van der Waals surface area contributed by atoms with Crippen LogP contribution in [0.3, 0.4) is 0 Å². The van der Waals surface area contributed by atoms with E-state index in [1.165, 1.54) is 24.3 Å². The second-order valence-corrected chi connectivity index (χ2v) is 4.94. The molecule has 1 N–H and O–H groups in total. The Morgan fingerprint density at radius 3 is 1.48 bits per heavy atom. The summed E-state index contributed by atoms with van der Waals surface area (Å²) >= 11 is 0. The molecule has 0 saturated carbocycles. The molecule has 0 bridgehead atoms. The van der Waals surface area contributed by atoms with Crippen LogP contribution in [0.15, 0.2) is 42.5 Å². The van der Waals surface area contributed by atoms with Gasteiger partial charge in [0.2, 0.25) is 0 Å². The van der Waals surface area contributed by atoms with Gasteiger partial charge in [0.05, 0.1) is 11.1 Å². The van der Waals surface area contributed by atoms with Crippen molar-refractivity contribution in [3.05, 3.63) is 53.6 Å². The summed E-state index contributed by atoms with van der Waals surface area (Å²) in [6, 6.07) is 8.36. The third-order valence-corrected chi connectivity index (χ3v) is 3.22. The lowest BCUT2D eigenvalue weighted by molar-refractivity contribution is -0.0890. The van der Waals surface area contributed by atoms with Crippen LogP contribution < -0.4 is 0 Å². The number of phenols is 1. The van der Waals surface area contributed by atoms with Gasteiger partial charge in [-0.3, -0.25) is 9.59 Å². The second-order valence-electron chi connectivity index (χ2n) is 4.94. The molecule has 0 heterocycles. The van der Waals surface area contributed by atoms with E-state index in [9.17, 15) is 41.0 Å². The molecule has 9 heteroatoms. The number of Topliss-reactive ketones (excluding diaryl/α,β-unsaturated/α-hetero) is 2. The predicted molar refractivity (Wildman–Crippen MR) is 74.3 cm³/mol. The van der Waals surface area contributed by atoms with E-state index in [-0.39, 0.29) is 11.1 Å². The molecule has 25 heavy (non-hydrogen) atoms. The Morgan fingerprint density at radius 2 is 1.12 bits per heavy atom. The Hall–Kier alpha value is -2.84. The van der Waals surface area contributed by atoms with E-state index >= 15 is 0 Å². The van der Waals surface area contributed by atoms with Crippen molar-refractivity contribution < 1.29 is 41.0 Å². The van der Waals surface area contributed by atoms with Crippen LogP contribution >= 0.6 is 0 Å². The lowest BCUT2D eigenvalue weighted by Crippen LogP contribution is -2.26. The molecule has 0 saturated heterocycles. The summed E-state index contributed by atoms with van der Waals surface area (Å²) in [5.41, 5.74) is -2.95. The zero-order chi connectivity index (χ0) is 19.0. The SMILES string of the molecule is O=C(c1cc(-c2ccccc2)cc(C(=O)C(F)(F)F)c1O)C(F)(F)F. The molecule has 2 aromatic carbocycles. The summed E-state index contributed by atoms with van der Waals surface area (Å²) in [4.78, 5) is 22.8. The van der Waals surface area contributed by atoms with Gasteiger partial charge in [-0.15, -0.1) is 0 Å². The molecule has 132 valence electrons. The third kappa shape index (κ3) is 3.81. The summed E-state index contributed by atoms with van der Waals surface area (Å²) in [6.07, 6.45) is -10.9. The van der Waals surface area contributed by atoms with Gasteiger partial charge < -0.3 is 5.11 Å². The lowest BCUT2D eigenvalue weighted by atomic mass is 9.94. The van der Waals surface area contributed by atoms with Gasteiger partial charge in [0.1, 0.15) is 5.75 Å². The predicted octanol–water partition coefficient (Wildman–Crippen LogP) is 4.55. The molecule has 0 spiro atoms. The smallest absolute Gasteiger partial charge is 0.455 e. The number of halogens is 6. The first-order chi connectivity index (χ1) is 11.4. The van der Waals surface area contributed by atoms with Crippen LogP contribution in [0, 0.1) is 0 Å². The first kappa shape index (κ1) is 18.5. The molecule has 2 aromatic rings. The van der Waals surface area contributed by atoms with E-state index in [0.717, 1.165) is 0 Å². The number of hydrogen-bond acceptors (Lipinski definition) is 3. The first-order valence-corrected chi connectivity index (χ1v) is 6.58. The number of hydrogen-bond donors (Lipinski definition) is 1. The minimum atomic E-state index is -5.44. The van der Waals surface area contributed by atoms with Crippen molar-refractivity contribution in [2.75, 3.05) is 0 Å². The summed E-state index contributed by atoms with van der Waals surface area (Å²) in [6.45, 7) is 0. The Balaban J connectivity index is 2.76. The zero-order valence-electron chi connectivity index (χ0n) is 12.1. The molecule has 0 aliphatic heterocycles. The molecule has 3 nitrogen and oxygen atoms in total. The van der Waals surface area contributed by atoms with Gasteiger partial charge in [0, 0.05) is 0 Å². The van der Waals surface area contributed by atoms with E-state index in [4.69, 9.17) is 0 Å². The Kier molecular flexibility index (Phi) is 4.61. The number of carbonyl (C=O) groups is 2. The van der Waals surface area contributed by atoms with Crippen molar-refractivity contribution in [1.29, 1.82) is 0 Å². The maximum atomic E-state index is 12.6. The highest BCUT2D eigenvalue weighted by Crippen LogP contribution is 2.36. The van der Waals surface area contributed by atoms with E-state index in [1.54, 1.807) is 6.07 Å². The number of carbonyl (C=O) groups excluding carboxylic acids is 2. The van der Waals surface area contributed by atoms with Crippen LogP contribution in [0.4, 0.5) is 26.3 Å². The largest absolute Gasteiger partial charge is 0.506 e. The van der Waals surface area contributed by atoms with Gasteiger partial charge in [-0.05, 0) is 23.3 Å². The van der Waals surface area contributed by atoms with Gasteiger partial charge in [-0.25, -0.2) is 0 Å². The highest BCUT2D eigenvalue weighted by Gasteiger charge is 2.45. The normalized spacial score (nSPS) is 12.1. The molecule has 0 radical (unpaired) electrons. The molecule has 0 fully saturated rings. The summed E-state index contributed by atoms with van der Waals surface area (Å²) in [7, 11) is 0.